The van der Waals surface area contributed by atoms with Gasteiger partial charge in [-0.1, -0.05) is 6.07 Å². The number of nitrogens with zero attached hydrogens (tertiary/aromatic N) is 8. The van der Waals surface area contributed by atoms with Crippen molar-refractivity contribution < 1.29 is 9.13 Å². The highest BCUT2D eigenvalue weighted by Gasteiger charge is 2.31. The van der Waals surface area contributed by atoms with Crippen molar-refractivity contribution in [3.63, 3.8) is 0 Å². The number of halogens is 1. The molecule has 10 heteroatoms. The van der Waals surface area contributed by atoms with E-state index in [0.29, 0.717) is 29.9 Å². The molecule has 9 nitrogen and oxygen atoms in total. The molecule has 4 aromatic rings. The number of fused-ring (bicyclic) bond motifs is 2. The van der Waals surface area contributed by atoms with Gasteiger partial charge in [0, 0.05) is 44.9 Å². The van der Waals surface area contributed by atoms with Crippen LogP contribution < -0.4 is 14.7 Å². The Bertz CT molecular complexity index is 1410. The second-order valence-corrected chi connectivity index (χ2v) is 9.79. The van der Waals surface area contributed by atoms with Crippen molar-refractivity contribution in [1.82, 2.24) is 24.6 Å². The minimum Gasteiger partial charge on any atom is -0.378 e. The number of aromatic nitrogens is 5. The number of morpholine rings is 1. The Morgan fingerprint density at radius 1 is 0.917 bits per heavy atom. The highest BCUT2D eigenvalue weighted by Crippen LogP contribution is 2.38. The van der Waals surface area contributed by atoms with Crippen LogP contribution in [0.15, 0.2) is 36.7 Å². The summed E-state index contributed by atoms with van der Waals surface area (Å²) in [7, 11) is 0. The predicted octanol–water partition coefficient (Wildman–Crippen LogP) is 3.59. The normalized spacial score (nSPS) is 20.8. The monoisotopic (exact) mass is 488 g/mol. The summed E-state index contributed by atoms with van der Waals surface area (Å²) in [4.78, 5) is 20.7. The van der Waals surface area contributed by atoms with Crippen molar-refractivity contribution in [2.75, 3.05) is 60.6 Å². The minimum absolute atomic E-state index is 0.0110. The molecular formula is C26H29FN8O. The second kappa shape index (κ2) is 8.85. The van der Waals surface area contributed by atoms with Gasteiger partial charge in [0.25, 0.3) is 0 Å². The van der Waals surface area contributed by atoms with Gasteiger partial charge in [-0.05, 0) is 37.8 Å². The third kappa shape index (κ3) is 3.62. The molecule has 3 aliphatic heterocycles. The van der Waals surface area contributed by atoms with Gasteiger partial charge in [0.1, 0.15) is 29.6 Å². The molecule has 3 fully saturated rings. The summed E-state index contributed by atoms with van der Waals surface area (Å²) >= 11 is 0. The quantitative estimate of drug-likeness (QED) is 0.432. The fraction of sp³-hybridized carbons (Fsp3) is 0.462. The zero-order chi connectivity index (χ0) is 24.1. The van der Waals surface area contributed by atoms with Gasteiger partial charge in [-0.15, -0.1) is 0 Å². The summed E-state index contributed by atoms with van der Waals surface area (Å²) in [5, 5.41) is 5.58. The van der Waals surface area contributed by atoms with E-state index in [9.17, 15) is 4.39 Å². The summed E-state index contributed by atoms with van der Waals surface area (Å²) < 4.78 is 22.5. The van der Waals surface area contributed by atoms with E-state index in [1.807, 2.05) is 10.6 Å². The van der Waals surface area contributed by atoms with Crippen LogP contribution in [0.4, 0.5) is 21.8 Å². The van der Waals surface area contributed by atoms with Crippen LogP contribution in [0.5, 0.6) is 0 Å². The minimum atomic E-state index is -0.294. The van der Waals surface area contributed by atoms with Gasteiger partial charge in [-0.3, -0.25) is 0 Å². The second-order valence-electron chi connectivity index (χ2n) is 9.79. The highest BCUT2D eigenvalue weighted by atomic mass is 19.1. The summed E-state index contributed by atoms with van der Waals surface area (Å²) in [6.07, 6.45) is 5.77. The van der Waals surface area contributed by atoms with Crippen LogP contribution >= 0.6 is 0 Å². The molecule has 0 radical (unpaired) electrons. The Balaban J connectivity index is 1.33. The molecule has 6 heterocycles. The zero-order valence-corrected chi connectivity index (χ0v) is 20.2. The van der Waals surface area contributed by atoms with Crippen LogP contribution in [0.1, 0.15) is 37.4 Å². The molecule has 0 N–H and O–H groups in total. The van der Waals surface area contributed by atoms with Gasteiger partial charge >= 0.3 is 0 Å². The lowest BCUT2D eigenvalue weighted by atomic mass is 9.98. The average Bonchev–Trinajstić information content (AvgIpc) is 3.32. The lowest BCUT2D eigenvalue weighted by Gasteiger charge is -2.36. The number of hydrogen-bond donors (Lipinski definition) is 0. The first kappa shape index (κ1) is 21.7. The lowest BCUT2D eigenvalue weighted by Crippen LogP contribution is -2.40. The Hall–Kier alpha value is -3.53. The van der Waals surface area contributed by atoms with Crippen molar-refractivity contribution in [1.29, 1.82) is 0 Å². The maximum Gasteiger partial charge on any atom is 0.160 e. The van der Waals surface area contributed by atoms with Crippen LogP contribution in [0.3, 0.4) is 0 Å². The van der Waals surface area contributed by atoms with Crippen LogP contribution in [0, 0.1) is 5.82 Å². The van der Waals surface area contributed by atoms with E-state index in [0.717, 1.165) is 75.0 Å². The predicted molar refractivity (Wildman–Crippen MR) is 136 cm³/mol. The third-order valence-electron chi connectivity index (χ3n) is 7.64. The molecule has 3 saturated heterocycles. The molecule has 0 spiro atoms. The number of anilines is 3. The van der Waals surface area contributed by atoms with Crippen molar-refractivity contribution in [2.45, 2.75) is 31.7 Å². The maximum atomic E-state index is 15.0. The smallest absolute Gasteiger partial charge is 0.160 e. The molecule has 3 aliphatic rings. The molecule has 7 rings (SSSR count). The van der Waals surface area contributed by atoms with Gasteiger partial charge < -0.3 is 19.4 Å². The van der Waals surface area contributed by atoms with E-state index in [4.69, 9.17) is 14.8 Å². The fourth-order valence-corrected chi connectivity index (χ4v) is 5.61. The summed E-state index contributed by atoms with van der Waals surface area (Å²) in [5.41, 5.74) is 2.41. The molecule has 0 amide bonds. The molecule has 0 aliphatic carbocycles. The van der Waals surface area contributed by atoms with Gasteiger partial charge in [-0.25, -0.2) is 19.3 Å². The van der Waals surface area contributed by atoms with Gasteiger partial charge in [0.05, 0.1) is 35.9 Å². The Morgan fingerprint density at radius 3 is 2.64 bits per heavy atom. The number of hydrogen-bond acceptors (Lipinski definition) is 8. The fourth-order valence-electron chi connectivity index (χ4n) is 5.61. The Morgan fingerprint density at radius 2 is 1.81 bits per heavy atom. The molecular weight excluding hydrogens is 459 g/mol. The van der Waals surface area contributed by atoms with Crippen LogP contribution in [-0.2, 0) is 4.74 Å². The standard InChI is InChI=1S/C26H29FN8O/c27-18-5-3-6-19-25(18)26(29-17-28-19)34-10-2-1-7-21(34)20-15-23-30-22(32-8-4-9-32)16-24(35(23)31-20)33-11-13-36-14-12-33/h3,5-6,15-17,21H,1-2,4,7-14H2. The molecule has 186 valence electrons. The van der Waals surface area contributed by atoms with Crippen molar-refractivity contribution in [2.24, 2.45) is 0 Å². The van der Waals surface area contributed by atoms with Gasteiger partial charge in [-0.2, -0.15) is 9.61 Å². The Labute approximate surface area is 208 Å². The number of rotatable bonds is 4. The molecule has 3 aromatic heterocycles. The Kier molecular flexibility index (Phi) is 5.34. The van der Waals surface area contributed by atoms with Gasteiger partial charge in [0.15, 0.2) is 5.65 Å². The largest absolute Gasteiger partial charge is 0.378 e. The van der Waals surface area contributed by atoms with Crippen molar-refractivity contribution in [3.8, 4) is 0 Å². The van der Waals surface area contributed by atoms with Crippen molar-refractivity contribution >= 4 is 34.0 Å². The zero-order valence-electron chi connectivity index (χ0n) is 20.2. The van der Waals surface area contributed by atoms with E-state index in [-0.39, 0.29) is 11.9 Å². The molecule has 0 bridgehead atoms. The third-order valence-corrected chi connectivity index (χ3v) is 7.64. The van der Waals surface area contributed by atoms with Crippen LogP contribution in [0.25, 0.3) is 16.6 Å². The molecule has 1 atom stereocenters. The number of ether oxygens (including phenoxy) is 1. The first-order valence-electron chi connectivity index (χ1n) is 12.9. The topological polar surface area (TPSA) is 74.9 Å². The molecule has 1 aromatic carbocycles. The summed E-state index contributed by atoms with van der Waals surface area (Å²) in [5.74, 6) is 2.41. The lowest BCUT2D eigenvalue weighted by molar-refractivity contribution is 0.122. The van der Waals surface area contributed by atoms with E-state index in [2.05, 4.69) is 36.8 Å². The first-order valence-corrected chi connectivity index (χ1v) is 12.9. The first-order chi connectivity index (χ1) is 17.8. The molecule has 0 saturated carbocycles. The average molecular weight is 489 g/mol. The molecule has 1 unspecified atom stereocenters. The van der Waals surface area contributed by atoms with E-state index in [1.165, 1.54) is 18.8 Å². The number of piperidine rings is 1. The SMILES string of the molecule is Fc1cccc2ncnc(N3CCCCC3c3cc4nc(N5CCC5)cc(N5CCOCC5)n4n3)c12. The molecule has 36 heavy (non-hydrogen) atoms. The summed E-state index contributed by atoms with van der Waals surface area (Å²) in [6, 6.07) is 9.27. The van der Waals surface area contributed by atoms with Crippen molar-refractivity contribution in [3.05, 3.63) is 48.2 Å². The van der Waals surface area contributed by atoms with E-state index < -0.39 is 0 Å². The van der Waals surface area contributed by atoms with E-state index >= 15 is 0 Å². The van der Waals surface area contributed by atoms with Crippen LogP contribution in [-0.4, -0.2) is 70.5 Å². The van der Waals surface area contributed by atoms with Gasteiger partial charge in [0.2, 0.25) is 0 Å². The van der Waals surface area contributed by atoms with Crippen LogP contribution in [0.2, 0.25) is 0 Å². The maximum absolute atomic E-state index is 15.0. The van der Waals surface area contributed by atoms with E-state index in [1.54, 1.807) is 6.07 Å². The summed E-state index contributed by atoms with van der Waals surface area (Å²) in [6.45, 7) is 5.94. The number of benzene rings is 1. The highest BCUT2D eigenvalue weighted by molar-refractivity contribution is 5.90.